The third-order valence-electron chi connectivity index (χ3n) is 3.69. The van der Waals surface area contributed by atoms with Crippen molar-refractivity contribution in [1.29, 1.82) is 0 Å². The van der Waals surface area contributed by atoms with Crippen LogP contribution in [0.3, 0.4) is 0 Å². The maximum atomic E-state index is 6.12. The maximum absolute atomic E-state index is 6.12. The molecule has 0 aliphatic rings. The largest absolute Gasteiger partial charge is 0.354 e. The minimum absolute atomic E-state index is 0.695. The Hall–Kier alpha value is -2.58. The van der Waals surface area contributed by atoms with E-state index < -0.39 is 0 Å². The average molecular weight is 305 g/mol. The lowest BCUT2D eigenvalue weighted by molar-refractivity contribution is 1.48. The minimum atomic E-state index is 0.695. The van der Waals surface area contributed by atoms with Gasteiger partial charge in [-0.15, -0.1) is 0 Å². The van der Waals surface area contributed by atoms with E-state index in [0.717, 1.165) is 33.2 Å². The fourth-order valence-electron chi connectivity index (χ4n) is 2.67. The van der Waals surface area contributed by atoms with Crippen LogP contribution >= 0.6 is 11.6 Å². The molecule has 0 unspecified atom stereocenters. The first-order valence-electron chi connectivity index (χ1n) is 7.11. The SMILES string of the molecule is Clc1ccc2c(Nc3ccccc3)c3ccccc3nc2c1. The van der Waals surface area contributed by atoms with Crippen LogP contribution in [-0.4, -0.2) is 4.98 Å². The zero-order valence-electron chi connectivity index (χ0n) is 11.8. The standard InChI is InChI=1S/C19H13ClN2/c20-13-10-11-16-18(12-13)22-17-9-5-4-8-15(17)19(16)21-14-6-2-1-3-7-14/h1-12H,(H,21,22). The summed E-state index contributed by atoms with van der Waals surface area (Å²) < 4.78 is 0. The minimum Gasteiger partial charge on any atom is -0.354 e. The Labute approximate surface area is 133 Å². The summed E-state index contributed by atoms with van der Waals surface area (Å²) in [5.41, 5.74) is 3.96. The fourth-order valence-corrected chi connectivity index (χ4v) is 2.83. The van der Waals surface area contributed by atoms with Gasteiger partial charge in [-0.05, 0) is 36.4 Å². The number of aromatic nitrogens is 1. The number of fused-ring (bicyclic) bond motifs is 2. The molecule has 0 atom stereocenters. The molecule has 0 aliphatic heterocycles. The molecular weight excluding hydrogens is 292 g/mol. The summed E-state index contributed by atoms with van der Waals surface area (Å²) in [5.74, 6) is 0. The Balaban J connectivity index is 2.03. The van der Waals surface area contributed by atoms with Crippen molar-refractivity contribution in [3.05, 3.63) is 77.8 Å². The van der Waals surface area contributed by atoms with E-state index >= 15 is 0 Å². The van der Waals surface area contributed by atoms with Crippen molar-refractivity contribution < 1.29 is 0 Å². The molecule has 0 aliphatic carbocycles. The molecule has 0 radical (unpaired) electrons. The lowest BCUT2D eigenvalue weighted by Gasteiger charge is -2.13. The Morgan fingerprint density at radius 3 is 2.32 bits per heavy atom. The molecule has 0 saturated carbocycles. The molecule has 0 bridgehead atoms. The smallest absolute Gasteiger partial charge is 0.0745 e. The molecule has 22 heavy (non-hydrogen) atoms. The third-order valence-corrected chi connectivity index (χ3v) is 3.92. The molecule has 0 fully saturated rings. The second kappa shape index (κ2) is 5.32. The van der Waals surface area contributed by atoms with Gasteiger partial charge in [-0.3, -0.25) is 0 Å². The molecule has 1 heterocycles. The summed E-state index contributed by atoms with van der Waals surface area (Å²) in [5, 5.41) is 6.38. The zero-order chi connectivity index (χ0) is 14.9. The van der Waals surface area contributed by atoms with Gasteiger partial charge in [0, 0.05) is 21.5 Å². The van der Waals surface area contributed by atoms with E-state index in [1.54, 1.807) is 0 Å². The maximum Gasteiger partial charge on any atom is 0.0745 e. The summed E-state index contributed by atoms with van der Waals surface area (Å²) in [4.78, 5) is 4.72. The van der Waals surface area contributed by atoms with Gasteiger partial charge in [-0.25, -0.2) is 4.98 Å². The first-order valence-corrected chi connectivity index (χ1v) is 7.49. The quantitative estimate of drug-likeness (QED) is 0.474. The van der Waals surface area contributed by atoms with Gasteiger partial charge in [-0.2, -0.15) is 0 Å². The highest BCUT2D eigenvalue weighted by Gasteiger charge is 2.09. The van der Waals surface area contributed by atoms with Crippen molar-refractivity contribution >= 4 is 44.8 Å². The Kier molecular flexibility index (Phi) is 3.17. The molecule has 1 N–H and O–H groups in total. The summed E-state index contributed by atoms with van der Waals surface area (Å²) in [7, 11) is 0. The second-order valence-electron chi connectivity index (χ2n) is 5.16. The first-order chi connectivity index (χ1) is 10.8. The summed E-state index contributed by atoms with van der Waals surface area (Å²) in [6.07, 6.45) is 0. The third kappa shape index (κ3) is 2.28. The predicted octanol–water partition coefficient (Wildman–Crippen LogP) is 5.79. The molecule has 2 nitrogen and oxygen atoms in total. The van der Waals surface area contributed by atoms with E-state index in [9.17, 15) is 0 Å². The Morgan fingerprint density at radius 2 is 1.45 bits per heavy atom. The summed E-state index contributed by atoms with van der Waals surface area (Å²) >= 11 is 6.12. The molecule has 4 rings (SSSR count). The number of hydrogen-bond acceptors (Lipinski definition) is 2. The van der Waals surface area contributed by atoms with E-state index in [1.165, 1.54) is 0 Å². The van der Waals surface area contributed by atoms with Gasteiger partial charge in [0.25, 0.3) is 0 Å². The van der Waals surface area contributed by atoms with Gasteiger partial charge in [0.05, 0.1) is 16.7 Å². The lowest BCUT2D eigenvalue weighted by atomic mass is 10.1. The molecule has 0 amide bonds. The molecule has 1 aromatic heterocycles. The van der Waals surface area contributed by atoms with E-state index in [-0.39, 0.29) is 0 Å². The molecule has 4 aromatic rings. The highest BCUT2D eigenvalue weighted by Crippen LogP contribution is 2.33. The van der Waals surface area contributed by atoms with Crippen LogP contribution in [0.5, 0.6) is 0 Å². The topological polar surface area (TPSA) is 24.9 Å². The van der Waals surface area contributed by atoms with Crippen LogP contribution < -0.4 is 5.32 Å². The average Bonchev–Trinajstić information content (AvgIpc) is 2.55. The fraction of sp³-hybridized carbons (Fsp3) is 0. The molecule has 106 valence electrons. The van der Waals surface area contributed by atoms with E-state index in [1.807, 2.05) is 54.6 Å². The Morgan fingerprint density at radius 1 is 0.727 bits per heavy atom. The van der Waals surface area contributed by atoms with Crippen LogP contribution in [0.2, 0.25) is 5.02 Å². The molecular formula is C19H13ClN2. The number of benzene rings is 3. The van der Waals surface area contributed by atoms with Crippen molar-refractivity contribution in [2.75, 3.05) is 5.32 Å². The number of hydrogen-bond donors (Lipinski definition) is 1. The number of anilines is 2. The zero-order valence-corrected chi connectivity index (χ0v) is 12.5. The first kappa shape index (κ1) is 13.1. The monoisotopic (exact) mass is 304 g/mol. The van der Waals surface area contributed by atoms with Crippen molar-refractivity contribution in [1.82, 2.24) is 4.98 Å². The number of para-hydroxylation sites is 2. The number of nitrogens with one attached hydrogen (secondary N) is 1. The van der Waals surface area contributed by atoms with E-state index in [0.29, 0.717) is 5.02 Å². The van der Waals surface area contributed by atoms with E-state index in [4.69, 9.17) is 16.6 Å². The van der Waals surface area contributed by atoms with Crippen molar-refractivity contribution in [3.63, 3.8) is 0 Å². The lowest BCUT2D eigenvalue weighted by Crippen LogP contribution is -1.95. The second-order valence-corrected chi connectivity index (χ2v) is 5.59. The van der Waals surface area contributed by atoms with Crippen LogP contribution in [0, 0.1) is 0 Å². The van der Waals surface area contributed by atoms with Gasteiger partial charge in [0.2, 0.25) is 0 Å². The molecule has 0 saturated heterocycles. The van der Waals surface area contributed by atoms with Crippen molar-refractivity contribution in [3.8, 4) is 0 Å². The highest BCUT2D eigenvalue weighted by atomic mass is 35.5. The summed E-state index contributed by atoms with van der Waals surface area (Å²) in [6.45, 7) is 0. The van der Waals surface area contributed by atoms with Gasteiger partial charge >= 0.3 is 0 Å². The van der Waals surface area contributed by atoms with Crippen LogP contribution in [0.15, 0.2) is 72.8 Å². The van der Waals surface area contributed by atoms with Crippen LogP contribution in [-0.2, 0) is 0 Å². The predicted molar refractivity (Wildman–Crippen MR) is 94.0 cm³/mol. The van der Waals surface area contributed by atoms with Gasteiger partial charge < -0.3 is 5.32 Å². The highest BCUT2D eigenvalue weighted by molar-refractivity contribution is 6.31. The number of halogens is 1. The van der Waals surface area contributed by atoms with Crippen LogP contribution in [0.25, 0.3) is 21.8 Å². The normalized spacial score (nSPS) is 11.0. The summed E-state index contributed by atoms with van der Waals surface area (Å²) in [6, 6.07) is 24.1. The number of rotatable bonds is 2. The van der Waals surface area contributed by atoms with Crippen molar-refractivity contribution in [2.24, 2.45) is 0 Å². The molecule has 3 aromatic carbocycles. The van der Waals surface area contributed by atoms with Crippen LogP contribution in [0.1, 0.15) is 0 Å². The van der Waals surface area contributed by atoms with E-state index in [2.05, 4.69) is 23.5 Å². The number of pyridine rings is 1. The van der Waals surface area contributed by atoms with Gasteiger partial charge in [-0.1, -0.05) is 48.0 Å². The van der Waals surface area contributed by atoms with Gasteiger partial charge in [0.1, 0.15) is 0 Å². The van der Waals surface area contributed by atoms with Crippen LogP contribution in [0.4, 0.5) is 11.4 Å². The Bertz CT molecular complexity index is 965. The van der Waals surface area contributed by atoms with Gasteiger partial charge in [0.15, 0.2) is 0 Å². The number of nitrogens with zero attached hydrogens (tertiary/aromatic N) is 1. The van der Waals surface area contributed by atoms with Crippen molar-refractivity contribution in [2.45, 2.75) is 0 Å². The molecule has 0 spiro atoms. The molecule has 3 heteroatoms.